The number of hydrogen-bond acceptors (Lipinski definition) is 2. The first kappa shape index (κ1) is 9.53. The van der Waals surface area contributed by atoms with Crippen LogP contribution in [0.4, 0.5) is 5.69 Å². The van der Waals surface area contributed by atoms with Crippen LogP contribution in [-0.2, 0) is 4.79 Å². The number of fused-ring (bicyclic) bond motifs is 1. The molecular weight excluding hydrogens is 198 g/mol. The summed E-state index contributed by atoms with van der Waals surface area (Å²) in [5, 5.41) is 0.701. The summed E-state index contributed by atoms with van der Waals surface area (Å²) < 4.78 is 0. The standard InChI is InChI=1S/C11H12ClNO/c1-7(14)8-6-13(2)10-5-3-4-9(12)11(8)10/h3-5,8H,6H2,1-2H3. The van der Waals surface area contributed by atoms with Crippen LogP contribution < -0.4 is 4.90 Å². The summed E-state index contributed by atoms with van der Waals surface area (Å²) in [5.74, 6) is 0.132. The van der Waals surface area contributed by atoms with Gasteiger partial charge in [0, 0.05) is 29.9 Å². The van der Waals surface area contributed by atoms with Crippen molar-refractivity contribution in [3.05, 3.63) is 28.8 Å². The first-order valence-electron chi connectivity index (χ1n) is 4.61. The van der Waals surface area contributed by atoms with Crippen molar-refractivity contribution in [2.75, 3.05) is 18.5 Å². The third-order valence-corrected chi connectivity index (χ3v) is 3.07. The molecule has 0 aromatic heterocycles. The van der Waals surface area contributed by atoms with E-state index in [1.807, 2.05) is 25.2 Å². The smallest absolute Gasteiger partial charge is 0.139 e. The van der Waals surface area contributed by atoms with Crippen LogP contribution in [-0.4, -0.2) is 19.4 Å². The molecule has 1 heterocycles. The van der Waals surface area contributed by atoms with Gasteiger partial charge in [0.2, 0.25) is 0 Å². The van der Waals surface area contributed by atoms with E-state index in [9.17, 15) is 4.79 Å². The fourth-order valence-electron chi connectivity index (χ4n) is 2.00. The normalized spacial score (nSPS) is 19.6. The average Bonchev–Trinajstić information content (AvgIpc) is 2.46. The molecule has 14 heavy (non-hydrogen) atoms. The second kappa shape index (κ2) is 3.28. The van der Waals surface area contributed by atoms with E-state index in [-0.39, 0.29) is 11.7 Å². The highest BCUT2D eigenvalue weighted by Crippen LogP contribution is 2.40. The second-order valence-electron chi connectivity index (χ2n) is 3.72. The fraction of sp³-hybridized carbons (Fsp3) is 0.364. The molecule has 1 aliphatic heterocycles. The molecular formula is C11H12ClNO. The number of halogens is 1. The first-order valence-corrected chi connectivity index (χ1v) is 4.99. The lowest BCUT2D eigenvalue weighted by Crippen LogP contribution is -2.18. The quantitative estimate of drug-likeness (QED) is 0.708. The lowest BCUT2D eigenvalue weighted by atomic mass is 9.98. The van der Waals surface area contributed by atoms with E-state index in [1.54, 1.807) is 6.92 Å². The topological polar surface area (TPSA) is 20.3 Å². The van der Waals surface area contributed by atoms with Gasteiger partial charge in [-0.1, -0.05) is 17.7 Å². The highest BCUT2D eigenvalue weighted by Gasteiger charge is 2.31. The molecule has 0 N–H and O–H groups in total. The molecule has 1 atom stereocenters. The van der Waals surface area contributed by atoms with E-state index >= 15 is 0 Å². The number of Topliss-reactive ketones (excluding diaryl/α,β-unsaturated/α-hetero) is 1. The van der Waals surface area contributed by atoms with Gasteiger partial charge in [-0.3, -0.25) is 4.79 Å². The van der Waals surface area contributed by atoms with E-state index in [4.69, 9.17) is 11.6 Å². The lowest BCUT2D eigenvalue weighted by molar-refractivity contribution is -0.118. The average molecular weight is 210 g/mol. The van der Waals surface area contributed by atoms with Gasteiger partial charge in [0.15, 0.2) is 0 Å². The van der Waals surface area contributed by atoms with E-state index in [0.29, 0.717) is 5.02 Å². The predicted molar refractivity (Wildman–Crippen MR) is 58.1 cm³/mol. The number of carbonyl (C=O) groups excluding carboxylic acids is 1. The Bertz CT molecular complexity index is 389. The Morgan fingerprint density at radius 1 is 1.57 bits per heavy atom. The van der Waals surface area contributed by atoms with Crippen LogP contribution in [0.1, 0.15) is 18.4 Å². The molecule has 0 fully saturated rings. The summed E-state index contributed by atoms with van der Waals surface area (Å²) in [5.41, 5.74) is 2.07. The van der Waals surface area contributed by atoms with Crippen molar-refractivity contribution in [2.24, 2.45) is 0 Å². The molecule has 2 rings (SSSR count). The van der Waals surface area contributed by atoms with E-state index in [0.717, 1.165) is 17.8 Å². The molecule has 3 heteroatoms. The molecule has 2 nitrogen and oxygen atoms in total. The Morgan fingerprint density at radius 3 is 2.93 bits per heavy atom. The zero-order valence-electron chi connectivity index (χ0n) is 8.25. The molecule has 1 aromatic rings. The molecule has 0 spiro atoms. The zero-order valence-corrected chi connectivity index (χ0v) is 9.01. The number of rotatable bonds is 1. The number of benzene rings is 1. The van der Waals surface area contributed by atoms with Gasteiger partial charge in [0.25, 0.3) is 0 Å². The highest BCUT2D eigenvalue weighted by atomic mass is 35.5. The molecule has 0 radical (unpaired) electrons. The Labute approximate surface area is 88.5 Å². The van der Waals surface area contributed by atoms with Crippen molar-refractivity contribution in [2.45, 2.75) is 12.8 Å². The Hall–Kier alpha value is -1.02. The minimum atomic E-state index is -0.0521. The van der Waals surface area contributed by atoms with Crippen molar-refractivity contribution in [3.63, 3.8) is 0 Å². The summed E-state index contributed by atoms with van der Waals surface area (Å²) in [6.45, 7) is 2.37. The third-order valence-electron chi connectivity index (χ3n) is 2.74. The molecule has 0 bridgehead atoms. The summed E-state index contributed by atoms with van der Waals surface area (Å²) in [6, 6.07) is 5.76. The van der Waals surface area contributed by atoms with Gasteiger partial charge in [0.05, 0.1) is 5.92 Å². The van der Waals surface area contributed by atoms with Crippen LogP contribution in [0.25, 0.3) is 0 Å². The maximum absolute atomic E-state index is 11.4. The van der Waals surface area contributed by atoms with Gasteiger partial charge in [-0.15, -0.1) is 0 Å². The van der Waals surface area contributed by atoms with Crippen molar-refractivity contribution in [3.8, 4) is 0 Å². The molecule has 0 saturated heterocycles. The number of hydrogen-bond donors (Lipinski definition) is 0. The minimum absolute atomic E-state index is 0.0521. The monoisotopic (exact) mass is 209 g/mol. The summed E-state index contributed by atoms with van der Waals surface area (Å²) in [6.07, 6.45) is 0. The molecule has 0 saturated carbocycles. The predicted octanol–water partition coefficient (Wildman–Crippen LogP) is 2.46. The minimum Gasteiger partial charge on any atom is -0.373 e. The van der Waals surface area contributed by atoms with Crippen LogP contribution >= 0.6 is 11.6 Å². The molecule has 1 aromatic carbocycles. The highest BCUT2D eigenvalue weighted by molar-refractivity contribution is 6.32. The Morgan fingerprint density at radius 2 is 2.29 bits per heavy atom. The second-order valence-corrected chi connectivity index (χ2v) is 4.12. The number of likely N-dealkylation sites (N-methyl/N-ethyl adjacent to an activating group) is 1. The molecule has 0 amide bonds. The Balaban J connectivity index is 2.56. The molecule has 1 unspecified atom stereocenters. The van der Waals surface area contributed by atoms with Crippen LogP contribution in [0.15, 0.2) is 18.2 Å². The number of nitrogens with zero attached hydrogens (tertiary/aromatic N) is 1. The lowest BCUT2D eigenvalue weighted by Gasteiger charge is -2.11. The van der Waals surface area contributed by atoms with Crippen molar-refractivity contribution >= 4 is 23.1 Å². The van der Waals surface area contributed by atoms with Gasteiger partial charge in [-0.2, -0.15) is 0 Å². The van der Waals surface area contributed by atoms with E-state index < -0.39 is 0 Å². The Kier molecular flexibility index (Phi) is 2.23. The van der Waals surface area contributed by atoms with Crippen molar-refractivity contribution in [1.29, 1.82) is 0 Å². The number of carbonyl (C=O) groups is 1. The molecule has 1 aliphatic rings. The van der Waals surface area contributed by atoms with Crippen LogP contribution in [0.3, 0.4) is 0 Å². The van der Waals surface area contributed by atoms with Gasteiger partial charge in [-0.25, -0.2) is 0 Å². The number of anilines is 1. The first-order chi connectivity index (χ1) is 6.61. The summed E-state index contributed by atoms with van der Waals surface area (Å²) >= 11 is 6.09. The van der Waals surface area contributed by atoms with E-state index in [1.165, 1.54) is 0 Å². The SMILES string of the molecule is CC(=O)C1CN(C)c2cccc(Cl)c21. The molecule has 74 valence electrons. The van der Waals surface area contributed by atoms with Crippen LogP contribution in [0, 0.1) is 0 Å². The van der Waals surface area contributed by atoms with Crippen molar-refractivity contribution in [1.82, 2.24) is 0 Å². The van der Waals surface area contributed by atoms with Crippen LogP contribution in [0.5, 0.6) is 0 Å². The van der Waals surface area contributed by atoms with E-state index in [2.05, 4.69) is 4.90 Å². The van der Waals surface area contributed by atoms with Crippen LogP contribution in [0.2, 0.25) is 5.02 Å². The van der Waals surface area contributed by atoms with Crippen molar-refractivity contribution < 1.29 is 4.79 Å². The van der Waals surface area contributed by atoms with Gasteiger partial charge >= 0.3 is 0 Å². The maximum Gasteiger partial charge on any atom is 0.139 e. The summed E-state index contributed by atoms with van der Waals surface area (Å²) in [4.78, 5) is 13.5. The third kappa shape index (κ3) is 1.30. The maximum atomic E-state index is 11.4. The van der Waals surface area contributed by atoms with Gasteiger partial charge in [-0.05, 0) is 19.1 Å². The zero-order chi connectivity index (χ0) is 10.3. The number of ketones is 1. The summed E-state index contributed by atoms with van der Waals surface area (Å²) in [7, 11) is 1.98. The van der Waals surface area contributed by atoms with Gasteiger partial charge < -0.3 is 4.90 Å². The fourth-order valence-corrected chi connectivity index (χ4v) is 2.30. The van der Waals surface area contributed by atoms with Gasteiger partial charge in [0.1, 0.15) is 5.78 Å². The molecule has 0 aliphatic carbocycles. The largest absolute Gasteiger partial charge is 0.373 e.